The van der Waals surface area contributed by atoms with Crippen LogP contribution in [0.4, 0.5) is 13.2 Å². The molecule has 0 saturated carbocycles. The lowest BCUT2D eigenvalue weighted by Gasteiger charge is -2.25. The third-order valence-corrected chi connectivity index (χ3v) is 7.83. The number of hydrogen-bond acceptors (Lipinski definition) is 10. The highest BCUT2D eigenvalue weighted by Gasteiger charge is 2.49. The summed E-state index contributed by atoms with van der Waals surface area (Å²) in [5.74, 6) is -5.27. The number of hydrogen-bond donors (Lipinski definition) is 7. The number of nitrogens with one attached hydrogen (secondary N) is 3. The lowest BCUT2D eigenvalue weighted by atomic mass is 10.0. The number of hydroxylamine groups is 1. The van der Waals surface area contributed by atoms with Crippen molar-refractivity contribution >= 4 is 33.5 Å². The maximum absolute atomic E-state index is 13.0. The molecule has 224 valence electrons. The van der Waals surface area contributed by atoms with Crippen LogP contribution >= 0.6 is 0 Å². The quantitative estimate of drug-likeness (QED) is 0.151. The maximum Gasteiger partial charge on any atom is 0.490 e. The van der Waals surface area contributed by atoms with Gasteiger partial charge in [0.1, 0.15) is 5.84 Å². The van der Waals surface area contributed by atoms with Crippen LogP contribution in [0.2, 0.25) is 0 Å². The maximum atomic E-state index is 13.0. The highest BCUT2D eigenvalue weighted by atomic mass is 32.2. The van der Waals surface area contributed by atoms with Crippen molar-refractivity contribution in [3.8, 4) is 0 Å². The number of carboxylic acid groups (broad SMARTS) is 2. The Morgan fingerprint density at radius 2 is 1.83 bits per heavy atom. The fraction of sp³-hybridized carbons (Fsp3) is 0.348. The van der Waals surface area contributed by atoms with Gasteiger partial charge in [-0.15, -0.1) is 0 Å². The van der Waals surface area contributed by atoms with E-state index in [1.807, 2.05) is 0 Å². The number of aliphatic carboxylic acids is 2. The molecular weight excluding hydrogens is 577 g/mol. The number of aromatic nitrogens is 1. The van der Waals surface area contributed by atoms with Crippen molar-refractivity contribution in [3.05, 3.63) is 59.4 Å². The van der Waals surface area contributed by atoms with Gasteiger partial charge in [0.2, 0.25) is 20.6 Å². The Bertz CT molecular complexity index is 1400. The van der Waals surface area contributed by atoms with Gasteiger partial charge in [-0.1, -0.05) is 12.1 Å². The van der Waals surface area contributed by atoms with Crippen molar-refractivity contribution in [2.45, 2.75) is 47.9 Å². The first-order valence-electron chi connectivity index (χ1n) is 11.5. The number of nitrogens with two attached hydrogens (primary N) is 2. The number of carbonyl (C=O) groups excluding carboxylic acids is 1. The number of rotatable bonds is 9. The smallest absolute Gasteiger partial charge is 0.479 e. The number of carbonyl (C=O) groups is 3. The van der Waals surface area contributed by atoms with E-state index in [4.69, 9.17) is 31.6 Å². The Balaban J connectivity index is 0.000000745. The van der Waals surface area contributed by atoms with Gasteiger partial charge in [0, 0.05) is 11.8 Å². The average Bonchev–Trinajstić information content (AvgIpc) is 3.35. The molecule has 3 atom stereocenters. The fourth-order valence-corrected chi connectivity index (χ4v) is 4.91. The summed E-state index contributed by atoms with van der Waals surface area (Å²) >= 11 is 0. The minimum Gasteiger partial charge on any atom is -0.479 e. The van der Waals surface area contributed by atoms with Gasteiger partial charge >= 0.3 is 18.1 Å². The lowest BCUT2D eigenvalue weighted by Crippen LogP contribution is -2.61. The highest BCUT2D eigenvalue weighted by molar-refractivity contribution is 7.93. The van der Waals surface area contributed by atoms with E-state index in [9.17, 15) is 36.3 Å². The molecule has 2 aromatic rings. The SMILES string of the molecule is Cc1cccc(S(=O)(=O)[C@@](N)(CNC(=O)C[C@H]2CC(c3ccc(C(=N)N)cn3)NO2)C(=O)O)c1.O=C(O)C(F)(F)F. The Morgan fingerprint density at radius 1 is 1.20 bits per heavy atom. The predicted octanol–water partition coefficient (Wildman–Crippen LogP) is 0.362. The van der Waals surface area contributed by atoms with E-state index >= 15 is 0 Å². The van der Waals surface area contributed by atoms with Gasteiger partial charge in [-0.25, -0.2) is 18.0 Å². The van der Waals surface area contributed by atoms with Crippen molar-refractivity contribution in [1.29, 1.82) is 5.41 Å². The molecule has 2 heterocycles. The van der Waals surface area contributed by atoms with E-state index in [2.05, 4.69) is 15.8 Å². The van der Waals surface area contributed by atoms with E-state index < -0.39 is 51.4 Å². The van der Waals surface area contributed by atoms with Crippen molar-refractivity contribution in [2.24, 2.45) is 11.5 Å². The molecule has 14 nitrogen and oxygen atoms in total. The third-order valence-electron chi connectivity index (χ3n) is 5.68. The van der Waals surface area contributed by atoms with Gasteiger partial charge in [-0.2, -0.15) is 18.7 Å². The van der Waals surface area contributed by atoms with Crippen molar-refractivity contribution in [2.75, 3.05) is 6.54 Å². The molecule has 3 rings (SSSR count). The van der Waals surface area contributed by atoms with Crippen LogP contribution in [0, 0.1) is 12.3 Å². The Morgan fingerprint density at radius 3 is 2.32 bits per heavy atom. The van der Waals surface area contributed by atoms with E-state index in [-0.39, 0.29) is 23.2 Å². The van der Waals surface area contributed by atoms with Crippen molar-refractivity contribution in [1.82, 2.24) is 15.8 Å². The van der Waals surface area contributed by atoms with E-state index in [0.29, 0.717) is 23.2 Å². The number of nitrogen functional groups attached to an aromatic ring is 1. The van der Waals surface area contributed by atoms with Crippen molar-refractivity contribution in [3.63, 3.8) is 0 Å². The van der Waals surface area contributed by atoms with Crippen LogP contribution in [0.25, 0.3) is 0 Å². The Labute approximate surface area is 231 Å². The topological polar surface area (TPSA) is 248 Å². The highest BCUT2D eigenvalue weighted by Crippen LogP contribution is 2.26. The van der Waals surface area contributed by atoms with Crippen LogP contribution in [-0.2, 0) is 29.1 Å². The summed E-state index contributed by atoms with van der Waals surface area (Å²) in [6, 6.07) is 8.73. The molecule has 1 unspecified atom stereocenters. The number of benzene rings is 1. The van der Waals surface area contributed by atoms with Gasteiger partial charge in [-0.05, 0) is 43.2 Å². The van der Waals surface area contributed by atoms with Gasteiger partial charge in [-0.3, -0.25) is 20.0 Å². The zero-order chi connectivity index (χ0) is 31.2. The molecular formula is C23H27F3N6O8S. The Hall–Kier alpha value is -4.13. The molecule has 1 aliphatic rings. The van der Waals surface area contributed by atoms with Crippen LogP contribution in [0.5, 0.6) is 0 Å². The summed E-state index contributed by atoms with van der Waals surface area (Å²) in [5, 5.41) is 26.4. The number of halogens is 3. The minimum atomic E-state index is -5.08. The van der Waals surface area contributed by atoms with Gasteiger partial charge < -0.3 is 27.0 Å². The molecule has 0 spiro atoms. The molecule has 1 saturated heterocycles. The van der Waals surface area contributed by atoms with Gasteiger partial charge in [0.15, 0.2) is 0 Å². The van der Waals surface area contributed by atoms with Gasteiger partial charge in [0.05, 0.1) is 35.7 Å². The number of aryl methyl sites for hydroxylation is 1. The average molecular weight is 605 g/mol. The summed E-state index contributed by atoms with van der Waals surface area (Å²) in [7, 11) is -4.51. The molecule has 1 aromatic carbocycles. The summed E-state index contributed by atoms with van der Waals surface area (Å²) < 4.78 is 57.6. The zero-order valence-corrected chi connectivity index (χ0v) is 22.1. The molecule has 0 bridgehead atoms. The van der Waals surface area contributed by atoms with Crippen LogP contribution in [0.15, 0.2) is 47.5 Å². The number of amides is 1. The molecule has 18 heteroatoms. The molecule has 1 fully saturated rings. The van der Waals surface area contributed by atoms with Crippen LogP contribution in [0.1, 0.15) is 35.7 Å². The van der Waals surface area contributed by atoms with Gasteiger partial charge in [0.25, 0.3) is 0 Å². The summed E-state index contributed by atoms with van der Waals surface area (Å²) in [6.07, 6.45) is -3.96. The molecule has 0 aliphatic carbocycles. The number of alkyl halides is 3. The number of carboxylic acids is 2. The van der Waals surface area contributed by atoms with E-state index in [0.717, 1.165) is 0 Å². The number of sulfone groups is 1. The first-order chi connectivity index (χ1) is 18.9. The fourth-order valence-electron chi connectivity index (χ4n) is 3.40. The zero-order valence-electron chi connectivity index (χ0n) is 21.3. The Kier molecular flexibility index (Phi) is 10.5. The van der Waals surface area contributed by atoms with Crippen LogP contribution in [-0.4, -0.2) is 71.0 Å². The first-order valence-corrected chi connectivity index (χ1v) is 13.0. The number of pyridine rings is 1. The van der Waals surface area contributed by atoms with Crippen LogP contribution < -0.4 is 22.3 Å². The molecule has 1 aliphatic heterocycles. The number of nitrogens with zero attached hydrogens (tertiary/aromatic N) is 1. The summed E-state index contributed by atoms with van der Waals surface area (Å²) in [6.45, 7) is 0.838. The molecule has 1 aromatic heterocycles. The third kappa shape index (κ3) is 8.43. The normalized spacial score (nSPS) is 18.4. The van der Waals surface area contributed by atoms with E-state index in [1.165, 1.54) is 24.4 Å². The largest absolute Gasteiger partial charge is 0.490 e. The second kappa shape index (κ2) is 13.0. The molecule has 1 amide bonds. The summed E-state index contributed by atoms with van der Waals surface area (Å²) in [4.78, 5) is 39.8. The summed E-state index contributed by atoms with van der Waals surface area (Å²) in [5.41, 5.74) is 15.7. The van der Waals surface area contributed by atoms with Crippen LogP contribution in [0.3, 0.4) is 0 Å². The monoisotopic (exact) mass is 604 g/mol. The second-order valence-electron chi connectivity index (χ2n) is 8.83. The minimum absolute atomic E-state index is 0.106. The predicted molar refractivity (Wildman–Crippen MR) is 135 cm³/mol. The molecule has 41 heavy (non-hydrogen) atoms. The van der Waals surface area contributed by atoms with Crippen molar-refractivity contribution < 1.29 is 51.0 Å². The second-order valence-corrected chi connectivity index (χ2v) is 11.0. The van der Waals surface area contributed by atoms with E-state index in [1.54, 1.807) is 25.1 Å². The number of amidine groups is 1. The molecule has 9 N–H and O–H groups in total. The standard InChI is InChI=1S/C21H26N6O6S.C2HF3O2/c1-12-3-2-4-15(7-12)34(31,32)21(24,20(29)30)11-26-18(28)9-14-8-17(27-33-14)16-6-5-13(10-25-16)19(22)23;3-2(4,5)1(6)7/h2-7,10,14,17,27H,8-9,11,24H2,1H3,(H3,22,23)(H,26,28)(H,29,30);(H,6,7)/t14-,17?,21+;/m1./s1. The molecule has 0 radical (unpaired) electrons. The first kappa shape index (κ1) is 33.1. The lowest BCUT2D eigenvalue weighted by molar-refractivity contribution is -0.192.